The van der Waals surface area contributed by atoms with Gasteiger partial charge in [-0.25, -0.2) is 4.79 Å². The topological polar surface area (TPSA) is 49.3 Å². The van der Waals surface area contributed by atoms with E-state index >= 15 is 0 Å². The molecule has 0 spiro atoms. The molecule has 1 aromatic rings. The molecule has 0 bridgehead atoms. The Bertz CT molecular complexity index is 374. The number of aromatic carboxylic acids is 1. The monoisotopic (exact) mass is 191 g/mol. The predicted octanol–water partition coefficient (Wildman–Crippen LogP) is 2.30. The Morgan fingerprint density at radius 3 is 3.07 bits per heavy atom. The lowest BCUT2D eigenvalue weighted by atomic mass is 9.91. The Morgan fingerprint density at radius 1 is 1.57 bits per heavy atom. The van der Waals surface area contributed by atoms with Crippen molar-refractivity contribution in [2.24, 2.45) is 0 Å². The number of anilines is 1. The highest BCUT2D eigenvalue weighted by Gasteiger charge is 2.17. The molecule has 1 aliphatic heterocycles. The maximum absolute atomic E-state index is 10.8. The molecule has 1 atom stereocenters. The van der Waals surface area contributed by atoms with Gasteiger partial charge in [-0.3, -0.25) is 0 Å². The molecular formula is C11H13NO2. The molecule has 0 fully saturated rings. The zero-order valence-corrected chi connectivity index (χ0v) is 8.08. The van der Waals surface area contributed by atoms with Crippen LogP contribution >= 0.6 is 0 Å². The first-order valence-electron chi connectivity index (χ1n) is 4.79. The zero-order chi connectivity index (χ0) is 10.1. The summed E-state index contributed by atoms with van der Waals surface area (Å²) in [6, 6.07) is 5.27. The van der Waals surface area contributed by atoms with Crippen molar-refractivity contribution in [3.8, 4) is 0 Å². The summed E-state index contributed by atoms with van der Waals surface area (Å²) < 4.78 is 0. The number of carboxylic acid groups (broad SMARTS) is 1. The van der Waals surface area contributed by atoms with Crippen LogP contribution in [0.5, 0.6) is 0 Å². The van der Waals surface area contributed by atoms with E-state index in [4.69, 9.17) is 5.11 Å². The zero-order valence-electron chi connectivity index (χ0n) is 8.08. The van der Waals surface area contributed by atoms with Gasteiger partial charge in [-0.05, 0) is 36.1 Å². The van der Waals surface area contributed by atoms with Crippen LogP contribution < -0.4 is 5.32 Å². The molecule has 0 unspecified atom stereocenters. The number of nitrogens with one attached hydrogen (secondary N) is 1. The van der Waals surface area contributed by atoms with Crippen LogP contribution in [0.4, 0.5) is 5.69 Å². The summed E-state index contributed by atoms with van der Waals surface area (Å²) in [5.74, 6) is -0.406. The van der Waals surface area contributed by atoms with E-state index in [-0.39, 0.29) is 0 Å². The normalized spacial score (nSPS) is 19.6. The summed E-state index contributed by atoms with van der Waals surface area (Å²) >= 11 is 0. The number of hydrogen-bond donors (Lipinski definition) is 2. The number of carboxylic acids is 1. The van der Waals surface area contributed by atoms with Crippen molar-refractivity contribution in [2.45, 2.75) is 19.3 Å². The Labute approximate surface area is 82.8 Å². The van der Waals surface area contributed by atoms with Crippen molar-refractivity contribution in [2.75, 3.05) is 11.9 Å². The van der Waals surface area contributed by atoms with Crippen molar-refractivity contribution in [1.29, 1.82) is 0 Å². The van der Waals surface area contributed by atoms with Crippen LogP contribution in [0.3, 0.4) is 0 Å². The summed E-state index contributed by atoms with van der Waals surface area (Å²) in [5, 5.41) is 12.1. The summed E-state index contributed by atoms with van der Waals surface area (Å²) in [6.45, 7) is 3.10. The van der Waals surface area contributed by atoms with E-state index in [0.717, 1.165) is 24.2 Å². The molecular weight excluding hydrogens is 178 g/mol. The molecule has 0 aliphatic carbocycles. The van der Waals surface area contributed by atoms with E-state index in [1.165, 1.54) is 0 Å². The van der Waals surface area contributed by atoms with Crippen LogP contribution in [0, 0.1) is 0 Å². The van der Waals surface area contributed by atoms with Crippen molar-refractivity contribution in [3.63, 3.8) is 0 Å². The van der Waals surface area contributed by atoms with Gasteiger partial charge in [0.2, 0.25) is 0 Å². The summed E-state index contributed by atoms with van der Waals surface area (Å²) in [5.41, 5.74) is 2.57. The number of benzene rings is 1. The van der Waals surface area contributed by atoms with Crippen molar-refractivity contribution in [1.82, 2.24) is 0 Å². The molecule has 1 aliphatic rings. The van der Waals surface area contributed by atoms with Crippen LogP contribution in [-0.2, 0) is 0 Å². The van der Waals surface area contributed by atoms with Gasteiger partial charge in [0.25, 0.3) is 0 Å². The fraction of sp³-hybridized carbons (Fsp3) is 0.364. The van der Waals surface area contributed by atoms with Gasteiger partial charge in [0.05, 0.1) is 5.56 Å². The Kier molecular flexibility index (Phi) is 2.15. The maximum atomic E-state index is 10.8. The van der Waals surface area contributed by atoms with Gasteiger partial charge in [-0.1, -0.05) is 6.92 Å². The van der Waals surface area contributed by atoms with Crippen LogP contribution in [-0.4, -0.2) is 17.6 Å². The first-order valence-corrected chi connectivity index (χ1v) is 4.79. The molecule has 0 aromatic heterocycles. The highest BCUT2D eigenvalue weighted by atomic mass is 16.4. The van der Waals surface area contributed by atoms with E-state index in [1.807, 2.05) is 6.07 Å². The molecule has 14 heavy (non-hydrogen) atoms. The second-order valence-corrected chi connectivity index (χ2v) is 3.72. The number of hydrogen-bond acceptors (Lipinski definition) is 2. The van der Waals surface area contributed by atoms with Gasteiger partial charge in [0.15, 0.2) is 0 Å². The molecule has 1 aromatic carbocycles. The lowest BCUT2D eigenvalue weighted by molar-refractivity contribution is 0.0697. The Morgan fingerprint density at radius 2 is 2.36 bits per heavy atom. The summed E-state index contributed by atoms with van der Waals surface area (Å²) in [6.07, 6.45) is 1.07. The lowest BCUT2D eigenvalue weighted by Crippen LogP contribution is -2.15. The SMILES string of the molecule is C[C@@H]1CCNc2ccc(C(=O)O)cc21. The number of carbonyl (C=O) groups is 1. The highest BCUT2D eigenvalue weighted by Crippen LogP contribution is 2.31. The number of fused-ring (bicyclic) bond motifs is 1. The fourth-order valence-electron chi connectivity index (χ4n) is 1.84. The average molecular weight is 191 g/mol. The highest BCUT2D eigenvalue weighted by molar-refractivity contribution is 5.88. The first-order chi connectivity index (χ1) is 6.68. The molecule has 74 valence electrons. The van der Waals surface area contributed by atoms with Crippen molar-refractivity contribution in [3.05, 3.63) is 29.3 Å². The van der Waals surface area contributed by atoms with Crippen molar-refractivity contribution < 1.29 is 9.90 Å². The largest absolute Gasteiger partial charge is 0.478 e. The first kappa shape index (κ1) is 9.06. The summed E-state index contributed by atoms with van der Waals surface area (Å²) in [7, 11) is 0. The molecule has 0 saturated carbocycles. The predicted molar refractivity (Wildman–Crippen MR) is 54.9 cm³/mol. The van der Waals surface area contributed by atoms with E-state index in [0.29, 0.717) is 11.5 Å². The Balaban J connectivity index is 2.45. The quantitative estimate of drug-likeness (QED) is 0.716. The van der Waals surface area contributed by atoms with Crippen LogP contribution in [0.2, 0.25) is 0 Å². The van der Waals surface area contributed by atoms with Crippen LogP contribution in [0.15, 0.2) is 18.2 Å². The molecule has 1 heterocycles. The fourth-order valence-corrected chi connectivity index (χ4v) is 1.84. The maximum Gasteiger partial charge on any atom is 0.335 e. The van der Waals surface area contributed by atoms with E-state index < -0.39 is 5.97 Å². The molecule has 2 rings (SSSR count). The van der Waals surface area contributed by atoms with E-state index in [1.54, 1.807) is 12.1 Å². The molecule has 0 radical (unpaired) electrons. The van der Waals surface area contributed by atoms with Gasteiger partial charge in [-0.15, -0.1) is 0 Å². The number of rotatable bonds is 1. The van der Waals surface area contributed by atoms with Gasteiger partial charge in [-0.2, -0.15) is 0 Å². The van der Waals surface area contributed by atoms with Crippen molar-refractivity contribution >= 4 is 11.7 Å². The molecule has 3 heteroatoms. The third kappa shape index (κ3) is 1.45. The average Bonchev–Trinajstić information content (AvgIpc) is 2.18. The summed E-state index contributed by atoms with van der Waals surface area (Å²) in [4.78, 5) is 10.8. The minimum atomic E-state index is -0.856. The molecule has 0 saturated heterocycles. The molecule has 0 amide bonds. The van der Waals surface area contributed by atoms with Crippen LogP contribution in [0.25, 0.3) is 0 Å². The van der Waals surface area contributed by atoms with Gasteiger partial charge in [0.1, 0.15) is 0 Å². The minimum absolute atomic E-state index is 0.374. The standard InChI is InChI=1S/C11H13NO2/c1-7-4-5-12-10-3-2-8(11(13)14)6-9(7)10/h2-3,6-7,12H,4-5H2,1H3,(H,13,14)/t7-/m1/s1. The van der Waals surface area contributed by atoms with E-state index in [9.17, 15) is 4.79 Å². The van der Waals surface area contributed by atoms with Gasteiger partial charge in [0, 0.05) is 12.2 Å². The second kappa shape index (κ2) is 3.33. The molecule has 3 nitrogen and oxygen atoms in total. The third-order valence-corrected chi connectivity index (χ3v) is 2.72. The smallest absolute Gasteiger partial charge is 0.335 e. The van der Waals surface area contributed by atoms with Crippen LogP contribution in [0.1, 0.15) is 35.2 Å². The van der Waals surface area contributed by atoms with Gasteiger partial charge < -0.3 is 10.4 Å². The molecule has 2 N–H and O–H groups in total. The lowest BCUT2D eigenvalue weighted by Gasteiger charge is -2.23. The third-order valence-electron chi connectivity index (χ3n) is 2.72. The van der Waals surface area contributed by atoms with Gasteiger partial charge >= 0.3 is 5.97 Å². The minimum Gasteiger partial charge on any atom is -0.478 e. The second-order valence-electron chi connectivity index (χ2n) is 3.72. The Hall–Kier alpha value is -1.51. The van der Waals surface area contributed by atoms with E-state index in [2.05, 4.69) is 12.2 Å².